The Kier molecular flexibility index (Phi) is 2.43. The molecule has 80 valence electrons. The molecule has 1 N–H and O–H groups in total. The molecule has 1 aromatic heterocycles. The molecule has 1 aliphatic carbocycles. The van der Waals surface area contributed by atoms with Gasteiger partial charge in [0.25, 0.3) is 0 Å². The van der Waals surface area contributed by atoms with E-state index in [1.54, 1.807) is 0 Å². The van der Waals surface area contributed by atoms with Crippen LogP contribution in [0.3, 0.4) is 0 Å². The summed E-state index contributed by atoms with van der Waals surface area (Å²) in [6.45, 7) is 4.58. The van der Waals surface area contributed by atoms with Gasteiger partial charge in [0.1, 0.15) is 0 Å². The molecule has 1 saturated heterocycles. The highest BCUT2D eigenvalue weighted by molar-refractivity contribution is 5.28. The first kappa shape index (κ1) is 9.31. The lowest BCUT2D eigenvalue weighted by molar-refractivity contribution is 0.171. The Morgan fingerprint density at radius 3 is 3.07 bits per heavy atom. The third-order valence-electron chi connectivity index (χ3n) is 3.52. The molecule has 0 amide bonds. The first-order valence-electron chi connectivity index (χ1n) is 5.84. The van der Waals surface area contributed by atoms with E-state index in [-0.39, 0.29) is 0 Å². The fraction of sp³-hybridized carbons (Fsp3) is 0.583. The molecule has 15 heavy (non-hydrogen) atoms. The van der Waals surface area contributed by atoms with E-state index < -0.39 is 0 Å². The third kappa shape index (κ3) is 1.66. The lowest BCUT2D eigenvalue weighted by Gasteiger charge is -2.32. The summed E-state index contributed by atoms with van der Waals surface area (Å²) in [4.78, 5) is 7.13. The van der Waals surface area contributed by atoms with E-state index in [0.717, 1.165) is 13.1 Å². The molecule has 1 aliphatic heterocycles. The fourth-order valence-electron chi connectivity index (χ4n) is 2.74. The number of fused-ring (bicyclic) bond motifs is 1. The number of pyridine rings is 1. The SMILES string of the molecule is c1cnc2c(c1)CCC2N1CCNCC1. The van der Waals surface area contributed by atoms with Crippen molar-refractivity contribution in [1.29, 1.82) is 0 Å². The third-order valence-corrected chi connectivity index (χ3v) is 3.52. The lowest BCUT2D eigenvalue weighted by atomic mass is 10.1. The molecular formula is C12H17N3. The van der Waals surface area contributed by atoms with Crippen LogP contribution in [0.2, 0.25) is 0 Å². The second-order valence-electron chi connectivity index (χ2n) is 4.39. The van der Waals surface area contributed by atoms with Gasteiger partial charge in [-0.2, -0.15) is 0 Å². The van der Waals surface area contributed by atoms with Crippen molar-refractivity contribution in [1.82, 2.24) is 15.2 Å². The number of aryl methyl sites for hydroxylation is 1. The first-order chi connectivity index (χ1) is 7.45. The second-order valence-corrected chi connectivity index (χ2v) is 4.39. The second kappa shape index (κ2) is 3.91. The molecule has 1 fully saturated rings. The average molecular weight is 203 g/mol. The van der Waals surface area contributed by atoms with Crippen LogP contribution in [0.4, 0.5) is 0 Å². The van der Waals surface area contributed by atoms with Crippen LogP contribution in [-0.2, 0) is 6.42 Å². The summed E-state index contributed by atoms with van der Waals surface area (Å²) < 4.78 is 0. The lowest BCUT2D eigenvalue weighted by Crippen LogP contribution is -2.44. The quantitative estimate of drug-likeness (QED) is 0.737. The van der Waals surface area contributed by atoms with Crippen molar-refractivity contribution in [3.63, 3.8) is 0 Å². The van der Waals surface area contributed by atoms with E-state index in [1.165, 1.54) is 37.2 Å². The Morgan fingerprint density at radius 1 is 1.33 bits per heavy atom. The van der Waals surface area contributed by atoms with Gasteiger partial charge < -0.3 is 5.32 Å². The van der Waals surface area contributed by atoms with Crippen molar-refractivity contribution in [3.8, 4) is 0 Å². The van der Waals surface area contributed by atoms with Crippen molar-refractivity contribution in [2.45, 2.75) is 18.9 Å². The Morgan fingerprint density at radius 2 is 2.20 bits per heavy atom. The van der Waals surface area contributed by atoms with Gasteiger partial charge in [0.15, 0.2) is 0 Å². The van der Waals surface area contributed by atoms with Crippen LogP contribution in [0, 0.1) is 0 Å². The van der Waals surface area contributed by atoms with Crippen LogP contribution >= 0.6 is 0 Å². The molecule has 2 aliphatic rings. The van der Waals surface area contributed by atoms with Gasteiger partial charge in [-0.05, 0) is 24.5 Å². The number of aromatic nitrogens is 1. The summed E-state index contributed by atoms with van der Waals surface area (Å²) in [5, 5.41) is 3.40. The zero-order chi connectivity index (χ0) is 10.1. The maximum atomic E-state index is 4.55. The number of rotatable bonds is 1. The molecule has 0 bridgehead atoms. The smallest absolute Gasteiger partial charge is 0.0607 e. The Hall–Kier alpha value is -0.930. The van der Waals surface area contributed by atoms with Crippen LogP contribution in [-0.4, -0.2) is 36.1 Å². The summed E-state index contributed by atoms with van der Waals surface area (Å²) in [6, 6.07) is 4.87. The van der Waals surface area contributed by atoms with Gasteiger partial charge in [-0.15, -0.1) is 0 Å². The number of hydrogen-bond acceptors (Lipinski definition) is 3. The van der Waals surface area contributed by atoms with Gasteiger partial charge in [0.05, 0.1) is 11.7 Å². The summed E-state index contributed by atoms with van der Waals surface area (Å²) in [5.41, 5.74) is 2.79. The van der Waals surface area contributed by atoms with Gasteiger partial charge in [-0.1, -0.05) is 6.07 Å². The Labute approximate surface area is 90.5 Å². The van der Waals surface area contributed by atoms with Gasteiger partial charge in [0.2, 0.25) is 0 Å². The molecule has 0 saturated carbocycles. The van der Waals surface area contributed by atoms with Gasteiger partial charge in [-0.25, -0.2) is 0 Å². The minimum atomic E-state index is 0.586. The number of nitrogens with zero attached hydrogens (tertiary/aromatic N) is 2. The molecule has 1 aromatic rings. The van der Waals surface area contributed by atoms with E-state index in [0.29, 0.717) is 6.04 Å². The Balaban J connectivity index is 1.83. The zero-order valence-electron chi connectivity index (χ0n) is 8.95. The van der Waals surface area contributed by atoms with E-state index in [4.69, 9.17) is 0 Å². The van der Waals surface area contributed by atoms with Crippen molar-refractivity contribution in [3.05, 3.63) is 29.6 Å². The standard InChI is InChI=1S/C12H17N3/c1-2-10-3-4-11(12(10)14-5-1)15-8-6-13-7-9-15/h1-2,5,11,13H,3-4,6-9H2. The molecule has 0 radical (unpaired) electrons. The first-order valence-corrected chi connectivity index (χ1v) is 5.84. The monoisotopic (exact) mass is 203 g/mol. The van der Waals surface area contributed by atoms with Gasteiger partial charge in [-0.3, -0.25) is 9.88 Å². The van der Waals surface area contributed by atoms with E-state index in [9.17, 15) is 0 Å². The minimum Gasteiger partial charge on any atom is -0.314 e. The zero-order valence-corrected chi connectivity index (χ0v) is 8.95. The minimum absolute atomic E-state index is 0.586. The highest BCUT2D eigenvalue weighted by Gasteiger charge is 2.29. The number of hydrogen-bond donors (Lipinski definition) is 1. The van der Waals surface area contributed by atoms with Crippen molar-refractivity contribution >= 4 is 0 Å². The normalized spacial score (nSPS) is 26.5. The predicted molar refractivity (Wildman–Crippen MR) is 59.7 cm³/mol. The largest absolute Gasteiger partial charge is 0.314 e. The van der Waals surface area contributed by atoms with Crippen LogP contribution in [0.25, 0.3) is 0 Å². The van der Waals surface area contributed by atoms with Gasteiger partial charge >= 0.3 is 0 Å². The molecule has 3 rings (SSSR count). The summed E-state index contributed by atoms with van der Waals surface area (Å²) >= 11 is 0. The number of piperazine rings is 1. The molecule has 1 unspecified atom stereocenters. The van der Waals surface area contributed by atoms with Crippen LogP contribution in [0.15, 0.2) is 18.3 Å². The molecular weight excluding hydrogens is 186 g/mol. The van der Waals surface area contributed by atoms with Crippen LogP contribution < -0.4 is 5.32 Å². The maximum Gasteiger partial charge on any atom is 0.0607 e. The molecule has 0 spiro atoms. The van der Waals surface area contributed by atoms with Gasteiger partial charge in [0, 0.05) is 32.4 Å². The topological polar surface area (TPSA) is 28.2 Å². The van der Waals surface area contributed by atoms with Crippen LogP contribution in [0.1, 0.15) is 23.7 Å². The predicted octanol–water partition coefficient (Wildman–Crippen LogP) is 0.974. The average Bonchev–Trinajstić information content (AvgIpc) is 2.74. The van der Waals surface area contributed by atoms with Crippen molar-refractivity contribution in [2.24, 2.45) is 0 Å². The molecule has 2 heterocycles. The molecule has 0 aromatic carbocycles. The maximum absolute atomic E-state index is 4.55. The summed E-state index contributed by atoms with van der Waals surface area (Å²) in [6.07, 6.45) is 4.39. The molecule has 1 atom stereocenters. The number of nitrogens with one attached hydrogen (secondary N) is 1. The van der Waals surface area contributed by atoms with Crippen molar-refractivity contribution < 1.29 is 0 Å². The molecule has 3 heteroatoms. The molecule has 3 nitrogen and oxygen atoms in total. The van der Waals surface area contributed by atoms with E-state index >= 15 is 0 Å². The highest BCUT2D eigenvalue weighted by atomic mass is 15.2. The highest BCUT2D eigenvalue weighted by Crippen LogP contribution is 2.33. The summed E-state index contributed by atoms with van der Waals surface area (Å²) in [7, 11) is 0. The van der Waals surface area contributed by atoms with E-state index in [2.05, 4.69) is 27.3 Å². The fourth-order valence-corrected chi connectivity index (χ4v) is 2.74. The summed E-state index contributed by atoms with van der Waals surface area (Å²) in [5.74, 6) is 0. The van der Waals surface area contributed by atoms with Crippen molar-refractivity contribution in [2.75, 3.05) is 26.2 Å². The van der Waals surface area contributed by atoms with Crippen LogP contribution in [0.5, 0.6) is 0 Å². The Bertz CT molecular complexity index is 344. The van der Waals surface area contributed by atoms with E-state index in [1.807, 2.05) is 6.20 Å².